The maximum atomic E-state index is 12.8. The zero-order valence-corrected chi connectivity index (χ0v) is 18.8. The summed E-state index contributed by atoms with van der Waals surface area (Å²) in [4.78, 5) is 27.1. The molecule has 2 unspecified atom stereocenters. The van der Waals surface area contributed by atoms with Gasteiger partial charge in [-0.05, 0) is 36.7 Å². The molecule has 0 heterocycles. The van der Waals surface area contributed by atoms with Crippen LogP contribution in [0.2, 0.25) is 0 Å². The summed E-state index contributed by atoms with van der Waals surface area (Å²) in [6, 6.07) is 9.91. The Morgan fingerprint density at radius 2 is 1.71 bits per heavy atom. The lowest BCUT2D eigenvalue weighted by atomic mass is 9.84. The molecule has 1 rings (SSSR count). The van der Waals surface area contributed by atoms with Gasteiger partial charge in [-0.3, -0.25) is 9.59 Å². The standard InChI is InChI=1S/C24H40N2O2/c1-7-8-15-26(23(28)17-19(2)18-24(4,5)6)16-14-22(27)25-20(3)21-12-10-9-11-13-21/h9-13,19-20H,7-8,14-18H2,1-6H3,(H,25,27). The average Bonchev–Trinajstić information content (AvgIpc) is 2.60. The van der Waals surface area contributed by atoms with E-state index in [0.29, 0.717) is 25.3 Å². The first kappa shape index (κ1) is 24.2. The number of nitrogens with one attached hydrogen (secondary N) is 1. The number of nitrogens with zero attached hydrogens (tertiary/aromatic N) is 1. The Labute approximate surface area is 172 Å². The molecule has 0 radical (unpaired) electrons. The number of unbranched alkanes of at least 4 members (excludes halogenated alkanes) is 1. The summed E-state index contributed by atoms with van der Waals surface area (Å²) >= 11 is 0. The SMILES string of the molecule is CCCCN(CCC(=O)NC(C)c1ccccc1)C(=O)CC(C)CC(C)(C)C. The van der Waals surface area contributed by atoms with Crippen molar-refractivity contribution in [2.24, 2.45) is 11.3 Å². The van der Waals surface area contributed by atoms with Crippen LogP contribution in [0.4, 0.5) is 0 Å². The number of benzene rings is 1. The van der Waals surface area contributed by atoms with Crippen LogP contribution in [0, 0.1) is 11.3 Å². The Bertz CT molecular complexity index is 592. The third-order valence-corrected chi connectivity index (χ3v) is 4.90. The second kappa shape index (κ2) is 11.9. The summed E-state index contributed by atoms with van der Waals surface area (Å²) in [5.41, 5.74) is 1.31. The summed E-state index contributed by atoms with van der Waals surface area (Å²) in [5, 5.41) is 3.04. The molecule has 0 saturated carbocycles. The van der Waals surface area contributed by atoms with Crippen molar-refractivity contribution in [3.63, 3.8) is 0 Å². The molecule has 2 amide bonds. The number of carbonyl (C=O) groups is 2. The number of hydrogen-bond acceptors (Lipinski definition) is 2. The molecule has 0 aliphatic heterocycles. The van der Waals surface area contributed by atoms with Crippen LogP contribution < -0.4 is 5.32 Å². The van der Waals surface area contributed by atoms with Crippen molar-refractivity contribution in [2.45, 2.75) is 79.7 Å². The van der Waals surface area contributed by atoms with E-state index in [4.69, 9.17) is 0 Å². The van der Waals surface area contributed by atoms with Gasteiger partial charge in [0.2, 0.25) is 11.8 Å². The van der Waals surface area contributed by atoms with Crippen LogP contribution in [0.1, 0.15) is 85.3 Å². The van der Waals surface area contributed by atoms with Crippen LogP contribution in [0.25, 0.3) is 0 Å². The molecule has 1 N–H and O–H groups in total. The summed E-state index contributed by atoms with van der Waals surface area (Å²) in [6.07, 6.45) is 3.94. The normalized spacial score (nSPS) is 13.6. The lowest BCUT2D eigenvalue weighted by Gasteiger charge is -2.27. The van der Waals surface area contributed by atoms with Gasteiger partial charge in [0.05, 0.1) is 6.04 Å². The maximum absolute atomic E-state index is 12.8. The average molecular weight is 389 g/mol. The highest BCUT2D eigenvalue weighted by atomic mass is 16.2. The lowest BCUT2D eigenvalue weighted by Crippen LogP contribution is -2.37. The van der Waals surface area contributed by atoms with Crippen molar-refractivity contribution < 1.29 is 9.59 Å². The molecular formula is C24H40N2O2. The van der Waals surface area contributed by atoms with Crippen LogP contribution in [-0.4, -0.2) is 29.8 Å². The summed E-state index contributed by atoms with van der Waals surface area (Å²) in [7, 11) is 0. The van der Waals surface area contributed by atoms with Crippen molar-refractivity contribution in [2.75, 3.05) is 13.1 Å². The van der Waals surface area contributed by atoms with E-state index in [1.165, 1.54) is 0 Å². The number of carbonyl (C=O) groups excluding carboxylic acids is 2. The highest BCUT2D eigenvalue weighted by Crippen LogP contribution is 2.26. The molecule has 0 bridgehead atoms. The molecule has 28 heavy (non-hydrogen) atoms. The van der Waals surface area contributed by atoms with Crippen LogP contribution >= 0.6 is 0 Å². The number of rotatable bonds is 11. The Balaban J connectivity index is 2.55. The van der Waals surface area contributed by atoms with Gasteiger partial charge in [0.15, 0.2) is 0 Å². The first-order chi connectivity index (χ1) is 13.1. The van der Waals surface area contributed by atoms with Crippen LogP contribution in [0.5, 0.6) is 0 Å². The molecule has 0 aromatic heterocycles. The van der Waals surface area contributed by atoms with Crippen molar-refractivity contribution in [3.8, 4) is 0 Å². The Hall–Kier alpha value is -1.84. The van der Waals surface area contributed by atoms with Crippen molar-refractivity contribution in [1.29, 1.82) is 0 Å². The van der Waals surface area contributed by atoms with Gasteiger partial charge in [-0.2, -0.15) is 0 Å². The van der Waals surface area contributed by atoms with Gasteiger partial charge in [0, 0.05) is 25.9 Å². The largest absolute Gasteiger partial charge is 0.350 e. The summed E-state index contributed by atoms with van der Waals surface area (Å²) in [5.74, 6) is 0.519. The van der Waals surface area contributed by atoms with E-state index in [1.54, 1.807) is 0 Å². The molecule has 1 aromatic rings. The fraction of sp³-hybridized carbons (Fsp3) is 0.667. The van der Waals surface area contributed by atoms with E-state index in [2.05, 4.69) is 39.9 Å². The summed E-state index contributed by atoms with van der Waals surface area (Å²) < 4.78 is 0. The quantitative estimate of drug-likeness (QED) is 0.556. The smallest absolute Gasteiger partial charge is 0.222 e. The predicted octanol–water partition coefficient (Wildman–Crippen LogP) is 5.35. The first-order valence-corrected chi connectivity index (χ1v) is 10.7. The third kappa shape index (κ3) is 9.91. The Kier molecular flexibility index (Phi) is 10.3. The second-order valence-electron chi connectivity index (χ2n) is 9.26. The van der Waals surface area contributed by atoms with Gasteiger partial charge in [-0.1, -0.05) is 71.4 Å². The molecule has 0 saturated heterocycles. The summed E-state index contributed by atoms with van der Waals surface area (Å²) in [6.45, 7) is 14.1. The Morgan fingerprint density at radius 3 is 2.29 bits per heavy atom. The van der Waals surface area contributed by atoms with Gasteiger partial charge in [0.25, 0.3) is 0 Å². The van der Waals surface area contributed by atoms with Gasteiger partial charge in [-0.15, -0.1) is 0 Å². The van der Waals surface area contributed by atoms with E-state index >= 15 is 0 Å². The molecule has 4 heteroatoms. The van der Waals surface area contributed by atoms with Gasteiger partial charge >= 0.3 is 0 Å². The fourth-order valence-electron chi connectivity index (χ4n) is 3.63. The molecule has 0 aliphatic rings. The highest BCUT2D eigenvalue weighted by Gasteiger charge is 2.21. The maximum Gasteiger partial charge on any atom is 0.222 e. The molecule has 0 aliphatic carbocycles. The second-order valence-corrected chi connectivity index (χ2v) is 9.26. The van der Waals surface area contributed by atoms with Crippen LogP contribution in [-0.2, 0) is 9.59 Å². The Morgan fingerprint density at radius 1 is 1.07 bits per heavy atom. The molecule has 4 nitrogen and oxygen atoms in total. The van der Waals surface area contributed by atoms with E-state index in [-0.39, 0.29) is 23.3 Å². The number of hydrogen-bond donors (Lipinski definition) is 1. The molecule has 1 aromatic carbocycles. The van der Waals surface area contributed by atoms with Crippen LogP contribution in [0.3, 0.4) is 0 Å². The van der Waals surface area contributed by atoms with Crippen LogP contribution in [0.15, 0.2) is 30.3 Å². The molecule has 0 fully saturated rings. The van der Waals surface area contributed by atoms with Crippen molar-refractivity contribution >= 4 is 11.8 Å². The molecule has 158 valence electrons. The third-order valence-electron chi connectivity index (χ3n) is 4.90. The first-order valence-electron chi connectivity index (χ1n) is 10.7. The molecule has 2 atom stereocenters. The molecular weight excluding hydrogens is 348 g/mol. The van der Waals surface area contributed by atoms with Crippen molar-refractivity contribution in [3.05, 3.63) is 35.9 Å². The lowest BCUT2D eigenvalue weighted by molar-refractivity contribution is -0.133. The minimum atomic E-state index is -0.0275. The number of amides is 2. The zero-order valence-electron chi connectivity index (χ0n) is 18.8. The van der Waals surface area contributed by atoms with Gasteiger partial charge < -0.3 is 10.2 Å². The van der Waals surface area contributed by atoms with E-state index < -0.39 is 0 Å². The monoisotopic (exact) mass is 388 g/mol. The minimum Gasteiger partial charge on any atom is -0.350 e. The zero-order chi connectivity index (χ0) is 21.2. The highest BCUT2D eigenvalue weighted by molar-refractivity contribution is 5.79. The van der Waals surface area contributed by atoms with Gasteiger partial charge in [-0.25, -0.2) is 0 Å². The van der Waals surface area contributed by atoms with E-state index in [0.717, 1.165) is 31.4 Å². The fourth-order valence-corrected chi connectivity index (χ4v) is 3.63. The van der Waals surface area contributed by atoms with Crippen molar-refractivity contribution in [1.82, 2.24) is 10.2 Å². The minimum absolute atomic E-state index is 0.00612. The van der Waals surface area contributed by atoms with Gasteiger partial charge in [0.1, 0.15) is 0 Å². The predicted molar refractivity (Wildman–Crippen MR) is 117 cm³/mol. The van der Waals surface area contributed by atoms with E-state index in [9.17, 15) is 9.59 Å². The topological polar surface area (TPSA) is 49.4 Å². The molecule has 0 spiro atoms. The van der Waals surface area contributed by atoms with E-state index in [1.807, 2.05) is 42.2 Å².